The maximum absolute atomic E-state index is 13.0. The summed E-state index contributed by atoms with van der Waals surface area (Å²) in [6.45, 7) is 2.34. The van der Waals surface area contributed by atoms with Gasteiger partial charge in [0, 0.05) is 42.2 Å². The Kier molecular flexibility index (Phi) is 8.11. The molecule has 1 N–H and O–H groups in total. The number of fused-ring (bicyclic) bond motifs is 5. The van der Waals surface area contributed by atoms with E-state index >= 15 is 0 Å². The summed E-state index contributed by atoms with van der Waals surface area (Å²) in [5.41, 5.74) is 3.06. The van der Waals surface area contributed by atoms with Crippen molar-refractivity contribution in [3.63, 3.8) is 0 Å². The molecule has 2 bridgehead atoms. The van der Waals surface area contributed by atoms with Crippen molar-refractivity contribution in [2.45, 2.75) is 83.1 Å². The predicted molar refractivity (Wildman–Crippen MR) is 149 cm³/mol. The Hall–Kier alpha value is -2.19. The molecule has 1 fully saturated rings. The minimum Gasteiger partial charge on any atom is -0.465 e. The van der Waals surface area contributed by atoms with Crippen LogP contribution in [0.15, 0.2) is 23.0 Å². The van der Waals surface area contributed by atoms with Crippen LogP contribution in [0, 0.1) is 5.92 Å². The number of esters is 1. The lowest BCUT2D eigenvalue weighted by atomic mass is 9.83. The van der Waals surface area contributed by atoms with Crippen molar-refractivity contribution in [3.8, 4) is 0 Å². The van der Waals surface area contributed by atoms with E-state index in [1.54, 1.807) is 17.4 Å². The first-order chi connectivity index (χ1) is 17.5. The number of ether oxygens (including phenoxy) is 1. The lowest BCUT2D eigenvalue weighted by Crippen LogP contribution is -2.50. The van der Waals surface area contributed by atoms with Crippen LogP contribution in [0.3, 0.4) is 0 Å². The highest BCUT2D eigenvalue weighted by Gasteiger charge is 2.36. The minimum atomic E-state index is -0.270. The molecule has 1 saturated heterocycles. The fourth-order valence-electron chi connectivity index (χ4n) is 6.27. The molecule has 36 heavy (non-hydrogen) atoms. The predicted octanol–water partition coefficient (Wildman–Crippen LogP) is 5.73. The van der Waals surface area contributed by atoms with Crippen molar-refractivity contribution in [2.75, 3.05) is 25.5 Å². The van der Waals surface area contributed by atoms with E-state index in [2.05, 4.69) is 16.3 Å². The third-order valence-electron chi connectivity index (χ3n) is 8.05. The van der Waals surface area contributed by atoms with E-state index in [0.717, 1.165) is 62.4 Å². The molecular formula is C28H37N3O3S2. The van der Waals surface area contributed by atoms with Crippen LogP contribution in [-0.4, -0.2) is 40.7 Å². The molecule has 0 unspecified atom stereocenters. The average molecular weight is 528 g/mol. The summed E-state index contributed by atoms with van der Waals surface area (Å²) in [6.07, 6.45) is 13.0. The summed E-state index contributed by atoms with van der Waals surface area (Å²) in [5.74, 6) is 0.406. The maximum Gasteiger partial charge on any atom is 0.341 e. The second-order valence-electron chi connectivity index (χ2n) is 10.6. The zero-order valence-electron chi connectivity index (χ0n) is 21.2. The van der Waals surface area contributed by atoms with Crippen molar-refractivity contribution >= 4 is 39.6 Å². The van der Waals surface area contributed by atoms with Crippen molar-refractivity contribution in [1.29, 1.82) is 0 Å². The summed E-state index contributed by atoms with van der Waals surface area (Å²) in [5, 5.41) is 4.98. The molecular weight excluding hydrogens is 490 g/mol. The van der Waals surface area contributed by atoms with Gasteiger partial charge in [-0.25, -0.2) is 4.79 Å². The number of aryl methyl sites for hydroxylation is 1. The van der Waals surface area contributed by atoms with Gasteiger partial charge in [-0.2, -0.15) is 0 Å². The second kappa shape index (κ2) is 11.5. The van der Waals surface area contributed by atoms with E-state index in [4.69, 9.17) is 17.0 Å². The Bertz CT molecular complexity index is 1170. The number of anilines is 1. The molecule has 0 radical (unpaired) electrons. The molecule has 4 heterocycles. The number of aromatic nitrogens is 1. The number of hydrogen-bond donors (Lipinski definition) is 1. The molecule has 2 aliphatic heterocycles. The highest BCUT2D eigenvalue weighted by Crippen LogP contribution is 2.39. The molecule has 0 amide bonds. The molecule has 2 atom stereocenters. The monoisotopic (exact) mass is 527 g/mol. The van der Waals surface area contributed by atoms with E-state index in [1.807, 2.05) is 10.6 Å². The van der Waals surface area contributed by atoms with Crippen LogP contribution < -0.4 is 10.9 Å². The summed E-state index contributed by atoms with van der Waals surface area (Å²) in [6, 6.07) is 5.59. The number of nitrogens with one attached hydrogen (secondary N) is 1. The van der Waals surface area contributed by atoms with Gasteiger partial charge in [0.05, 0.1) is 12.7 Å². The normalized spacial score (nSPS) is 22.4. The Labute approximate surface area is 223 Å². The number of carbonyl (C=O) groups is 1. The van der Waals surface area contributed by atoms with Crippen molar-refractivity contribution in [3.05, 3.63) is 50.3 Å². The van der Waals surface area contributed by atoms with Gasteiger partial charge < -0.3 is 19.5 Å². The number of pyridine rings is 1. The Morgan fingerprint density at radius 2 is 1.75 bits per heavy atom. The quantitative estimate of drug-likeness (QED) is 0.397. The van der Waals surface area contributed by atoms with Crippen LogP contribution in [0.4, 0.5) is 5.00 Å². The fraction of sp³-hybridized carbons (Fsp3) is 0.607. The number of rotatable bonds is 2. The first-order valence-corrected chi connectivity index (χ1v) is 14.8. The standard InChI is InChI=1S/C28H37N3O3S2/c1-34-27(33)25-21-11-8-6-4-2-3-5-7-9-13-23(21)36-26(25)29-28(35)30-16-19-15-20(18-30)22-12-10-14-24(32)31(22)17-19/h10,12,14,19-20H,2-9,11,13,15-18H2,1H3,(H,29,35)/t19-,20+/m1/s1. The maximum atomic E-state index is 13.0. The largest absolute Gasteiger partial charge is 0.465 e. The molecule has 1 aliphatic carbocycles. The number of hydrogen-bond acceptors (Lipinski definition) is 5. The summed E-state index contributed by atoms with van der Waals surface area (Å²) < 4.78 is 7.19. The summed E-state index contributed by atoms with van der Waals surface area (Å²) >= 11 is 7.60. The van der Waals surface area contributed by atoms with Gasteiger partial charge in [0.15, 0.2) is 5.11 Å². The smallest absolute Gasteiger partial charge is 0.341 e. The summed E-state index contributed by atoms with van der Waals surface area (Å²) in [4.78, 5) is 28.9. The van der Waals surface area contributed by atoms with Gasteiger partial charge in [-0.15, -0.1) is 11.3 Å². The Morgan fingerprint density at radius 3 is 2.50 bits per heavy atom. The van der Waals surface area contributed by atoms with Gasteiger partial charge in [-0.05, 0) is 61.9 Å². The van der Waals surface area contributed by atoms with Gasteiger partial charge in [0.1, 0.15) is 5.00 Å². The topological polar surface area (TPSA) is 63.6 Å². The van der Waals surface area contributed by atoms with Crippen LogP contribution in [0.25, 0.3) is 0 Å². The van der Waals surface area contributed by atoms with E-state index < -0.39 is 0 Å². The third kappa shape index (κ3) is 5.40. The molecule has 0 saturated carbocycles. The molecule has 0 spiro atoms. The highest BCUT2D eigenvalue weighted by molar-refractivity contribution is 7.80. The average Bonchev–Trinajstić information content (AvgIpc) is 3.20. The number of likely N-dealkylation sites (tertiary alicyclic amines) is 1. The minimum absolute atomic E-state index is 0.0908. The Balaban J connectivity index is 1.37. The third-order valence-corrected chi connectivity index (χ3v) is 9.62. The van der Waals surface area contributed by atoms with E-state index in [0.29, 0.717) is 16.6 Å². The van der Waals surface area contributed by atoms with Crippen molar-refractivity contribution in [2.24, 2.45) is 5.92 Å². The SMILES string of the molecule is COC(=O)c1c(NC(=S)N2C[C@H]3C[C@@H](C2)c2cccc(=O)n2C3)sc2c1CCCCCCCCCC2. The van der Waals surface area contributed by atoms with Crippen LogP contribution >= 0.6 is 23.6 Å². The molecule has 2 aromatic rings. The number of methoxy groups -OCH3 is 1. The van der Waals surface area contributed by atoms with E-state index in [9.17, 15) is 9.59 Å². The van der Waals surface area contributed by atoms with Gasteiger partial charge in [-0.1, -0.05) is 44.6 Å². The molecule has 2 aromatic heterocycles. The lowest BCUT2D eigenvalue weighted by molar-refractivity contribution is 0.0601. The van der Waals surface area contributed by atoms with Crippen LogP contribution in [0.1, 0.15) is 90.2 Å². The van der Waals surface area contributed by atoms with Gasteiger partial charge >= 0.3 is 5.97 Å². The number of nitrogens with zero attached hydrogens (tertiary/aromatic N) is 2. The van der Waals surface area contributed by atoms with Crippen molar-refractivity contribution in [1.82, 2.24) is 9.47 Å². The molecule has 194 valence electrons. The van der Waals surface area contributed by atoms with Gasteiger partial charge in [0.2, 0.25) is 0 Å². The molecule has 5 rings (SSSR count). The fourth-order valence-corrected chi connectivity index (χ4v) is 7.86. The van der Waals surface area contributed by atoms with Crippen molar-refractivity contribution < 1.29 is 9.53 Å². The number of piperidine rings is 1. The first-order valence-electron chi connectivity index (χ1n) is 13.5. The van der Waals surface area contributed by atoms with E-state index in [1.165, 1.54) is 56.1 Å². The van der Waals surface area contributed by atoms with Gasteiger partial charge in [0.25, 0.3) is 5.56 Å². The lowest BCUT2D eigenvalue weighted by Gasteiger charge is -2.43. The second-order valence-corrected chi connectivity index (χ2v) is 12.1. The molecule has 0 aromatic carbocycles. The number of carbonyl (C=O) groups excluding carboxylic acids is 1. The zero-order valence-corrected chi connectivity index (χ0v) is 22.9. The first kappa shape index (κ1) is 25.5. The van der Waals surface area contributed by atoms with E-state index in [-0.39, 0.29) is 17.4 Å². The van der Waals surface area contributed by atoms with Crippen LogP contribution in [-0.2, 0) is 24.1 Å². The van der Waals surface area contributed by atoms with Crippen LogP contribution in [0.2, 0.25) is 0 Å². The molecule has 3 aliphatic rings. The van der Waals surface area contributed by atoms with Crippen LogP contribution in [0.5, 0.6) is 0 Å². The highest BCUT2D eigenvalue weighted by atomic mass is 32.1. The molecule has 8 heteroatoms. The zero-order chi connectivity index (χ0) is 25.1. The Morgan fingerprint density at radius 1 is 1.03 bits per heavy atom. The number of thiophene rings is 1. The van der Waals surface area contributed by atoms with Gasteiger partial charge in [-0.3, -0.25) is 4.79 Å². The molecule has 6 nitrogen and oxygen atoms in total. The number of thiocarbonyl (C=S) groups is 1. The summed E-state index contributed by atoms with van der Waals surface area (Å²) in [7, 11) is 1.47.